The summed E-state index contributed by atoms with van der Waals surface area (Å²) >= 11 is 0. The number of hydrogen-bond donors (Lipinski definition) is 1. The summed E-state index contributed by atoms with van der Waals surface area (Å²) < 4.78 is 26.1. The molecule has 7 nitrogen and oxygen atoms in total. The molecule has 0 saturated carbocycles. The van der Waals surface area contributed by atoms with Crippen LogP contribution in [0.4, 0.5) is 25.8 Å². The highest BCUT2D eigenvalue weighted by atomic mass is 19.2. The van der Waals surface area contributed by atoms with Crippen LogP contribution in [0, 0.1) is 21.7 Å². The van der Waals surface area contributed by atoms with E-state index in [1.807, 2.05) is 9.80 Å². The zero-order chi connectivity index (χ0) is 19.4. The lowest BCUT2D eigenvalue weighted by Gasteiger charge is -2.35. The van der Waals surface area contributed by atoms with Gasteiger partial charge in [0.2, 0.25) is 5.91 Å². The Kier molecular flexibility index (Phi) is 5.60. The summed E-state index contributed by atoms with van der Waals surface area (Å²) in [5, 5.41) is 13.7. The van der Waals surface area contributed by atoms with Gasteiger partial charge < -0.3 is 10.2 Å². The van der Waals surface area contributed by atoms with E-state index >= 15 is 0 Å². The van der Waals surface area contributed by atoms with Crippen LogP contribution in [-0.4, -0.2) is 48.5 Å². The summed E-state index contributed by atoms with van der Waals surface area (Å²) in [6.07, 6.45) is 0. The summed E-state index contributed by atoms with van der Waals surface area (Å²) in [7, 11) is 0. The molecule has 2 aromatic rings. The van der Waals surface area contributed by atoms with Crippen LogP contribution >= 0.6 is 0 Å². The Labute approximate surface area is 154 Å². The Morgan fingerprint density at radius 3 is 2.44 bits per heavy atom. The number of amides is 1. The topological polar surface area (TPSA) is 78.7 Å². The molecular weight excluding hydrogens is 358 g/mol. The van der Waals surface area contributed by atoms with Crippen LogP contribution in [0.2, 0.25) is 0 Å². The fourth-order valence-electron chi connectivity index (χ4n) is 3.01. The van der Waals surface area contributed by atoms with Crippen LogP contribution in [0.5, 0.6) is 0 Å². The van der Waals surface area contributed by atoms with E-state index in [4.69, 9.17) is 0 Å². The first-order chi connectivity index (χ1) is 12.9. The van der Waals surface area contributed by atoms with Gasteiger partial charge in [0, 0.05) is 44.0 Å². The second kappa shape index (κ2) is 8.09. The van der Waals surface area contributed by atoms with Crippen molar-refractivity contribution < 1.29 is 18.5 Å². The quantitative estimate of drug-likeness (QED) is 0.641. The third-order valence-electron chi connectivity index (χ3n) is 4.36. The largest absolute Gasteiger partial charge is 0.363 e. The zero-order valence-electron chi connectivity index (χ0n) is 14.4. The van der Waals surface area contributed by atoms with Crippen molar-refractivity contribution in [2.24, 2.45) is 0 Å². The molecule has 2 aromatic carbocycles. The molecular formula is C18H18F2N4O3. The number of nitrogens with zero attached hydrogens (tertiary/aromatic N) is 3. The number of carbonyl (C=O) groups excluding carboxylic acids is 1. The van der Waals surface area contributed by atoms with Gasteiger partial charge in [-0.1, -0.05) is 12.1 Å². The standard InChI is InChI=1S/C18H18F2N4O3/c19-14-6-5-13(11-15(14)20)21-18(25)12-22-7-9-23(10-8-22)16-3-1-2-4-17(16)24(26)27/h1-6,11H,7-10,12H2,(H,21,25). The minimum absolute atomic E-state index is 0.0574. The third kappa shape index (κ3) is 4.56. The van der Waals surface area contributed by atoms with Crippen molar-refractivity contribution in [1.82, 2.24) is 4.90 Å². The van der Waals surface area contributed by atoms with Gasteiger partial charge in [-0.3, -0.25) is 19.8 Å². The van der Waals surface area contributed by atoms with Crippen LogP contribution in [0.3, 0.4) is 0 Å². The maximum absolute atomic E-state index is 13.2. The molecule has 1 aliphatic rings. The van der Waals surface area contributed by atoms with E-state index in [1.165, 1.54) is 12.1 Å². The van der Waals surface area contributed by atoms with Crippen molar-refractivity contribution in [2.45, 2.75) is 0 Å². The highest BCUT2D eigenvalue weighted by molar-refractivity contribution is 5.92. The fourth-order valence-corrected chi connectivity index (χ4v) is 3.01. The van der Waals surface area contributed by atoms with E-state index in [0.717, 1.165) is 12.1 Å². The number of carbonyl (C=O) groups is 1. The number of nitro benzene ring substituents is 1. The van der Waals surface area contributed by atoms with Gasteiger partial charge in [0.1, 0.15) is 5.69 Å². The van der Waals surface area contributed by atoms with Gasteiger partial charge in [-0.15, -0.1) is 0 Å². The number of halogens is 2. The summed E-state index contributed by atoms with van der Waals surface area (Å²) in [6, 6.07) is 9.74. The highest BCUT2D eigenvalue weighted by Gasteiger charge is 2.24. The Hall–Kier alpha value is -3.07. The Balaban J connectivity index is 1.54. The lowest BCUT2D eigenvalue weighted by atomic mass is 10.2. The zero-order valence-corrected chi connectivity index (χ0v) is 14.4. The number of hydrogen-bond acceptors (Lipinski definition) is 5. The maximum atomic E-state index is 13.2. The predicted molar refractivity (Wildman–Crippen MR) is 96.7 cm³/mol. The lowest BCUT2D eigenvalue weighted by Crippen LogP contribution is -2.48. The summed E-state index contributed by atoms with van der Waals surface area (Å²) in [5.74, 6) is -2.33. The first kappa shape index (κ1) is 18.7. The molecule has 0 aliphatic carbocycles. The SMILES string of the molecule is O=C(CN1CCN(c2ccccc2[N+](=O)[O-])CC1)Nc1ccc(F)c(F)c1. The van der Waals surface area contributed by atoms with Gasteiger partial charge in [0.25, 0.3) is 5.69 Å². The average molecular weight is 376 g/mol. The molecule has 0 radical (unpaired) electrons. The predicted octanol–water partition coefficient (Wildman–Crippen LogP) is 2.63. The van der Waals surface area contributed by atoms with Crippen molar-refractivity contribution in [1.29, 1.82) is 0 Å². The van der Waals surface area contributed by atoms with E-state index in [-0.39, 0.29) is 23.8 Å². The molecule has 1 fully saturated rings. The first-order valence-electron chi connectivity index (χ1n) is 8.39. The molecule has 1 amide bonds. The molecule has 0 spiro atoms. The second-order valence-corrected chi connectivity index (χ2v) is 6.19. The van der Waals surface area contributed by atoms with Crippen LogP contribution in [-0.2, 0) is 4.79 Å². The van der Waals surface area contributed by atoms with Gasteiger partial charge in [0.05, 0.1) is 11.5 Å². The molecule has 0 atom stereocenters. The number of nitrogens with one attached hydrogen (secondary N) is 1. The van der Waals surface area contributed by atoms with Gasteiger partial charge >= 0.3 is 0 Å². The fraction of sp³-hybridized carbons (Fsp3) is 0.278. The van der Waals surface area contributed by atoms with Crippen LogP contribution in [0.1, 0.15) is 0 Å². The van der Waals surface area contributed by atoms with Gasteiger partial charge in [-0.25, -0.2) is 8.78 Å². The minimum Gasteiger partial charge on any atom is -0.363 e. The first-order valence-corrected chi connectivity index (χ1v) is 8.39. The molecule has 1 heterocycles. The van der Waals surface area contributed by atoms with Crippen molar-refractivity contribution >= 4 is 23.0 Å². The molecule has 27 heavy (non-hydrogen) atoms. The molecule has 1 aliphatic heterocycles. The second-order valence-electron chi connectivity index (χ2n) is 6.19. The number of rotatable bonds is 5. The molecule has 1 N–H and O–H groups in total. The summed E-state index contributed by atoms with van der Waals surface area (Å²) in [6.45, 7) is 2.30. The lowest BCUT2D eigenvalue weighted by molar-refractivity contribution is -0.384. The van der Waals surface area contributed by atoms with Crippen molar-refractivity contribution in [3.05, 3.63) is 64.2 Å². The third-order valence-corrected chi connectivity index (χ3v) is 4.36. The Morgan fingerprint density at radius 1 is 1.07 bits per heavy atom. The van der Waals surface area contributed by atoms with E-state index in [9.17, 15) is 23.7 Å². The van der Waals surface area contributed by atoms with Crippen LogP contribution < -0.4 is 10.2 Å². The molecule has 142 valence electrons. The smallest absolute Gasteiger partial charge is 0.292 e. The molecule has 0 aromatic heterocycles. The normalized spacial score (nSPS) is 14.8. The summed E-state index contributed by atoms with van der Waals surface area (Å²) in [4.78, 5) is 26.7. The van der Waals surface area contributed by atoms with Crippen molar-refractivity contribution in [3.8, 4) is 0 Å². The van der Waals surface area contributed by atoms with Crippen molar-refractivity contribution in [2.75, 3.05) is 42.9 Å². The molecule has 0 unspecified atom stereocenters. The van der Waals surface area contributed by atoms with Crippen LogP contribution in [0.25, 0.3) is 0 Å². The van der Waals surface area contributed by atoms with Crippen LogP contribution in [0.15, 0.2) is 42.5 Å². The summed E-state index contributed by atoms with van der Waals surface area (Å²) in [5.41, 5.74) is 0.813. The number of benzene rings is 2. The number of para-hydroxylation sites is 2. The minimum atomic E-state index is -1.02. The van der Waals surface area contributed by atoms with E-state index in [2.05, 4.69) is 5.32 Å². The van der Waals surface area contributed by atoms with E-state index in [1.54, 1.807) is 18.2 Å². The van der Waals surface area contributed by atoms with Gasteiger partial charge in [0.15, 0.2) is 11.6 Å². The van der Waals surface area contributed by atoms with Gasteiger partial charge in [-0.05, 0) is 18.2 Å². The molecule has 3 rings (SSSR count). The Bertz CT molecular complexity index is 854. The Morgan fingerprint density at radius 2 is 1.78 bits per heavy atom. The number of nitro groups is 1. The van der Waals surface area contributed by atoms with Gasteiger partial charge in [-0.2, -0.15) is 0 Å². The molecule has 0 bridgehead atoms. The molecule has 1 saturated heterocycles. The number of anilines is 2. The average Bonchev–Trinajstić information content (AvgIpc) is 2.65. The monoisotopic (exact) mass is 376 g/mol. The molecule has 9 heteroatoms. The van der Waals surface area contributed by atoms with E-state index in [0.29, 0.717) is 31.9 Å². The highest BCUT2D eigenvalue weighted by Crippen LogP contribution is 2.28. The van der Waals surface area contributed by atoms with E-state index < -0.39 is 16.6 Å². The van der Waals surface area contributed by atoms with Crippen molar-refractivity contribution in [3.63, 3.8) is 0 Å². The maximum Gasteiger partial charge on any atom is 0.292 e. The number of piperazine rings is 1.